The third-order valence-corrected chi connectivity index (χ3v) is 4.32. The molecule has 0 fully saturated rings. The van der Waals surface area contributed by atoms with Crippen LogP contribution in [0, 0.1) is 0 Å². The number of rotatable bonds is 10. The average molecular weight is 443 g/mol. The molecule has 6 heteroatoms. The highest BCUT2D eigenvalue weighted by atomic mass is 79.9. The predicted molar refractivity (Wildman–Crippen MR) is 112 cm³/mol. The summed E-state index contributed by atoms with van der Waals surface area (Å²) in [6, 6.07) is 12.1. The molecule has 0 amide bonds. The van der Waals surface area contributed by atoms with Crippen molar-refractivity contribution in [2.24, 2.45) is 0 Å². The Balaban J connectivity index is 0.00000338. The van der Waals surface area contributed by atoms with Crippen molar-refractivity contribution in [2.75, 3.05) is 27.4 Å². The summed E-state index contributed by atoms with van der Waals surface area (Å²) in [6.07, 6.45) is 2.61. The Morgan fingerprint density at radius 2 is 1.85 bits per heavy atom. The first kappa shape index (κ1) is 22.4. The summed E-state index contributed by atoms with van der Waals surface area (Å²) in [5.41, 5.74) is 2.32. The normalized spacial score (nSPS) is 9.96. The number of halogens is 2. The lowest BCUT2D eigenvalue weighted by molar-refractivity contribution is 0.324. The van der Waals surface area contributed by atoms with Crippen LogP contribution in [0.3, 0.4) is 0 Å². The maximum atomic E-state index is 5.65. The first-order valence-electron chi connectivity index (χ1n) is 8.12. The molecule has 0 heterocycles. The van der Waals surface area contributed by atoms with E-state index in [2.05, 4.69) is 33.9 Å². The molecule has 0 aliphatic heterocycles. The van der Waals surface area contributed by atoms with E-state index >= 15 is 0 Å². The number of ether oxygens (including phenoxy) is 3. The Hall–Kier alpha value is -1.69. The number of hydrogen-bond donors (Lipinski definition) is 1. The molecule has 0 aliphatic rings. The van der Waals surface area contributed by atoms with Crippen molar-refractivity contribution in [3.63, 3.8) is 0 Å². The molecule has 0 atom stereocenters. The van der Waals surface area contributed by atoms with Gasteiger partial charge in [0.15, 0.2) is 11.5 Å². The zero-order valence-electron chi connectivity index (χ0n) is 15.1. The standard InChI is InChI=1S/C20H24BrNO3.ClH/c1-4-11-25-20-17(21)12-15(13-19(20)24-3)14-22-10-9-16-7-5-6-8-18(16)23-2;/h4-8,12-13,22H,1,9-11,14H2,2-3H3;1H. The van der Waals surface area contributed by atoms with Crippen LogP contribution in [-0.2, 0) is 13.0 Å². The first-order chi connectivity index (χ1) is 12.2. The smallest absolute Gasteiger partial charge is 0.175 e. The highest BCUT2D eigenvalue weighted by Gasteiger charge is 2.11. The van der Waals surface area contributed by atoms with Crippen LogP contribution >= 0.6 is 28.3 Å². The second-order valence-electron chi connectivity index (χ2n) is 5.45. The number of hydrogen-bond acceptors (Lipinski definition) is 4. The fraction of sp³-hybridized carbons (Fsp3) is 0.300. The van der Waals surface area contributed by atoms with E-state index in [0.29, 0.717) is 18.1 Å². The lowest BCUT2D eigenvalue weighted by Crippen LogP contribution is -2.17. The second-order valence-corrected chi connectivity index (χ2v) is 6.30. The average Bonchev–Trinajstić information content (AvgIpc) is 2.64. The minimum Gasteiger partial charge on any atom is -0.496 e. The molecular formula is C20H25BrClNO3. The van der Waals surface area contributed by atoms with E-state index in [0.717, 1.165) is 35.3 Å². The summed E-state index contributed by atoms with van der Waals surface area (Å²) in [4.78, 5) is 0. The number of benzene rings is 2. The fourth-order valence-electron chi connectivity index (χ4n) is 2.52. The maximum Gasteiger partial charge on any atom is 0.175 e. The molecule has 142 valence electrons. The zero-order chi connectivity index (χ0) is 18.1. The minimum atomic E-state index is 0. The predicted octanol–water partition coefficient (Wildman–Crippen LogP) is 4.79. The zero-order valence-corrected chi connectivity index (χ0v) is 17.5. The fourth-order valence-corrected chi connectivity index (χ4v) is 3.13. The van der Waals surface area contributed by atoms with Gasteiger partial charge in [0.25, 0.3) is 0 Å². The molecule has 0 spiro atoms. The van der Waals surface area contributed by atoms with Gasteiger partial charge in [0.1, 0.15) is 12.4 Å². The molecular weight excluding hydrogens is 418 g/mol. The minimum absolute atomic E-state index is 0. The van der Waals surface area contributed by atoms with Gasteiger partial charge < -0.3 is 19.5 Å². The first-order valence-corrected chi connectivity index (χ1v) is 8.91. The van der Waals surface area contributed by atoms with Crippen LogP contribution < -0.4 is 19.5 Å². The number of nitrogens with one attached hydrogen (secondary N) is 1. The maximum absolute atomic E-state index is 5.65. The Kier molecular flexibility index (Phi) is 10.2. The van der Waals surface area contributed by atoms with Crippen molar-refractivity contribution < 1.29 is 14.2 Å². The lowest BCUT2D eigenvalue weighted by Gasteiger charge is -2.14. The Morgan fingerprint density at radius 3 is 2.54 bits per heavy atom. The summed E-state index contributed by atoms with van der Waals surface area (Å²) in [5.74, 6) is 2.33. The largest absolute Gasteiger partial charge is 0.496 e. The van der Waals surface area contributed by atoms with Crippen LogP contribution in [0.15, 0.2) is 53.5 Å². The molecule has 0 radical (unpaired) electrons. The van der Waals surface area contributed by atoms with Crippen LogP contribution in [-0.4, -0.2) is 27.4 Å². The van der Waals surface area contributed by atoms with Gasteiger partial charge in [-0.2, -0.15) is 0 Å². The third kappa shape index (κ3) is 6.24. The van der Waals surface area contributed by atoms with E-state index < -0.39 is 0 Å². The molecule has 2 aromatic carbocycles. The van der Waals surface area contributed by atoms with Crippen molar-refractivity contribution in [3.8, 4) is 17.2 Å². The van der Waals surface area contributed by atoms with E-state index in [9.17, 15) is 0 Å². The van der Waals surface area contributed by atoms with E-state index in [4.69, 9.17) is 14.2 Å². The van der Waals surface area contributed by atoms with Crippen LogP contribution in [0.5, 0.6) is 17.2 Å². The van der Waals surface area contributed by atoms with E-state index in [-0.39, 0.29) is 12.4 Å². The summed E-state index contributed by atoms with van der Waals surface area (Å²) in [7, 11) is 3.34. The van der Waals surface area contributed by atoms with E-state index in [1.165, 1.54) is 5.56 Å². The quantitative estimate of drug-likeness (QED) is 0.424. The molecule has 0 saturated carbocycles. The summed E-state index contributed by atoms with van der Waals surface area (Å²) >= 11 is 3.55. The monoisotopic (exact) mass is 441 g/mol. The molecule has 0 aliphatic carbocycles. The molecule has 4 nitrogen and oxygen atoms in total. The number of methoxy groups -OCH3 is 2. The lowest BCUT2D eigenvalue weighted by atomic mass is 10.1. The summed E-state index contributed by atoms with van der Waals surface area (Å²) in [5, 5.41) is 3.45. The van der Waals surface area contributed by atoms with Gasteiger partial charge in [0.2, 0.25) is 0 Å². The van der Waals surface area contributed by atoms with Crippen molar-refractivity contribution >= 4 is 28.3 Å². The van der Waals surface area contributed by atoms with Gasteiger partial charge in [-0.3, -0.25) is 0 Å². The topological polar surface area (TPSA) is 39.7 Å². The van der Waals surface area contributed by atoms with Gasteiger partial charge >= 0.3 is 0 Å². The van der Waals surface area contributed by atoms with Gasteiger partial charge in [-0.1, -0.05) is 30.9 Å². The molecule has 1 N–H and O–H groups in total. The molecule has 2 rings (SSSR count). The molecule has 0 unspecified atom stereocenters. The van der Waals surface area contributed by atoms with Crippen molar-refractivity contribution in [2.45, 2.75) is 13.0 Å². The molecule has 0 bridgehead atoms. The Labute approximate surface area is 170 Å². The number of para-hydroxylation sites is 1. The summed E-state index contributed by atoms with van der Waals surface area (Å²) < 4.78 is 17.3. The second kappa shape index (κ2) is 11.8. The summed E-state index contributed by atoms with van der Waals surface area (Å²) in [6.45, 7) is 5.70. The van der Waals surface area contributed by atoms with Gasteiger partial charge in [0, 0.05) is 6.54 Å². The van der Waals surface area contributed by atoms with E-state index in [1.807, 2.05) is 30.3 Å². The molecule has 0 saturated heterocycles. The van der Waals surface area contributed by atoms with Crippen LogP contribution in [0.2, 0.25) is 0 Å². The van der Waals surface area contributed by atoms with Gasteiger partial charge in [-0.25, -0.2) is 0 Å². The van der Waals surface area contributed by atoms with Gasteiger partial charge in [0.05, 0.1) is 18.7 Å². The highest BCUT2D eigenvalue weighted by molar-refractivity contribution is 9.10. The van der Waals surface area contributed by atoms with Gasteiger partial charge in [-0.05, 0) is 58.2 Å². The SMILES string of the molecule is C=CCOc1c(Br)cc(CNCCc2ccccc2OC)cc1OC.Cl. The van der Waals surface area contributed by atoms with Crippen LogP contribution in [0.1, 0.15) is 11.1 Å². The van der Waals surface area contributed by atoms with Gasteiger partial charge in [-0.15, -0.1) is 12.4 Å². The van der Waals surface area contributed by atoms with Crippen molar-refractivity contribution in [1.29, 1.82) is 0 Å². The van der Waals surface area contributed by atoms with E-state index in [1.54, 1.807) is 20.3 Å². The van der Waals surface area contributed by atoms with Crippen molar-refractivity contribution in [1.82, 2.24) is 5.32 Å². The van der Waals surface area contributed by atoms with Crippen LogP contribution in [0.4, 0.5) is 0 Å². The molecule has 0 aromatic heterocycles. The Bertz CT molecular complexity index is 709. The van der Waals surface area contributed by atoms with Crippen molar-refractivity contribution in [3.05, 3.63) is 64.7 Å². The molecule has 2 aromatic rings. The third-order valence-electron chi connectivity index (χ3n) is 3.73. The Morgan fingerprint density at radius 1 is 1.12 bits per heavy atom. The van der Waals surface area contributed by atoms with Crippen LogP contribution in [0.25, 0.3) is 0 Å². The molecule has 26 heavy (non-hydrogen) atoms. The highest BCUT2D eigenvalue weighted by Crippen LogP contribution is 2.36.